The Kier molecular flexibility index (Phi) is 2.58. The van der Waals surface area contributed by atoms with Gasteiger partial charge in [0, 0.05) is 35.6 Å². The maximum Gasteiger partial charge on any atom is 0.340 e. The number of nitrogens with zero attached hydrogens (tertiary/aromatic N) is 2. The molecule has 0 fully saturated rings. The lowest BCUT2D eigenvalue weighted by Crippen LogP contribution is -2.05. The highest BCUT2D eigenvalue weighted by Crippen LogP contribution is 2.16. The topological polar surface area (TPSA) is 52.1 Å². The summed E-state index contributed by atoms with van der Waals surface area (Å²) in [5.41, 5.74) is 0.483. The SMILES string of the molecule is CCOC(=O)c1cncc2cnccc12. The predicted octanol–water partition coefficient (Wildman–Crippen LogP) is 1.81. The van der Waals surface area contributed by atoms with E-state index in [1.807, 2.05) is 0 Å². The van der Waals surface area contributed by atoms with E-state index in [1.54, 1.807) is 31.6 Å². The van der Waals surface area contributed by atoms with Crippen LogP contribution in [0.15, 0.2) is 30.9 Å². The Bertz CT molecular complexity index is 491. The summed E-state index contributed by atoms with van der Waals surface area (Å²) >= 11 is 0. The number of aromatic nitrogens is 2. The lowest BCUT2D eigenvalue weighted by atomic mass is 10.1. The van der Waals surface area contributed by atoms with Gasteiger partial charge in [0.15, 0.2) is 0 Å². The zero-order valence-corrected chi connectivity index (χ0v) is 8.30. The molecule has 4 heteroatoms. The molecule has 0 saturated heterocycles. The Labute approximate surface area is 86.9 Å². The van der Waals surface area contributed by atoms with Crippen LogP contribution in [0.1, 0.15) is 17.3 Å². The van der Waals surface area contributed by atoms with Crippen molar-refractivity contribution < 1.29 is 9.53 Å². The molecule has 0 aliphatic carbocycles. The van der Waals surface area contributed by atoms with Gasteiger partial charge in [0.1, 0.15) is 0 Å². The molecule has 0 amide bonds. The molecule has 0 N–H and O–H groups in total. The van der Waals surface area contributed by atoms with Gasteiger partial charge in [-0.1, -0.05) is 0 Å². The average Bonchev–Trinajstić information content (AvgIpc) is 2.28. The third-order valence-corrected chi connectivity index (χ3v) is 2.05. The van der Waals surface area contributed by atoms with Gasteiger partial charge in [-0.15, -0.1) is 0 Å². The molecular weight excluding hydrogens is 192 g/mol. The molecule has 0 radical (unpaired) electrons. The Hall–Kier alpha value is -1.97. The minimum atomic E-state index is -0.346. The van der Waals surface area contributed by atoms with Crippen LogP contribution in [0.5, 0.6) is 0 Å². The van der Waals surface area contributed by atoms with Gasteiger partial charge in [0.05, 0.1) is 12.2 Å². The molecule has 76 valence electrons. The third kappa shape index (κ3) is 1.79. The molecular formula is C11H10N2O2. The Balaban J connectivity index is 2.56. The first kappa shape index (κ1) is 9.58. The molecule has 0 bridgehead atoms. The van der Waals surface area contributed by atoms with Crippen LogP contribution >= 0.6 is 0 Å². The van der Waals surface area contributed by atoms with Gasteiger partial charge in [-0.2, -0.15) is 0 Å². The van der Waals surface area contributed by atoms with Crippen LogP contribution in [-0.2, 0) is 4.74 Å². The molecule has 0 aromatic carbocycles. The fraction of sp³-hybridized carbons (Fsp3) is 0.182. The van der Waals surface area contributed by atoms with Crippen molar-refractivity contribution in [1.82, 2.24) is 9.97 Å². The maximum atomic E-state index is 11.6. The minimum Gasteiger partial charge on any atom is -0.462 e. The smallest absolute Gasteiger partial charge is 0.340 e. The Morgan fingerprint density at radius 1 is 1.33 bits per heavy atom. The fourth-order valence-corrected chi connectivity index (χ4v) is 1.39. The normalized spacial score (nSPS) is 10.2. The number of ether oxygens (including phenoxy) is 1. The quantitative estimate of drug-likeness (QED) is 0.697. The summed E-state index contributed by atoms with van der Waals surface area (Å²) in [6.45, 7) is 2.14. The van der Waals surface area contributed by atoms with Crippen LogP contribution in [0.3, 0.4) is 0 Å². The van der Waals surface area contributed by atoms with E-state index in [9.17, 15) is 4.79 Å². The Morgan fingerprint density at radius 2 is 2.13 bits per heavy atom. The number of pyridine rings is 2. The number of carbonyl (C=O) groups is 1. The van der Waals surface area contributed by atoms with Gasteiger partial charge < -0.3 is 4.74 Å². The van der Waals surface area contributed by atoms with Gasteiger partial charge in [0.25, 0.3) is 0 Å². The summed E-state index contributed by atoms with van der Waals surface area (Å²) in [4.78, 5) is 19.5. The van der Waals surface area contributed by atoms with Crippen molar-refractivity contribution in [3.8, 4) is 0 Å². The van der Waals surface area contributed by atoms with Gasteiger partial charge in [-0.3, -0.25) is 9.97 Å². The molecule has 0 spiro atoms. The summed E-state index contributed by atoms with van der Waals surface area (Å²) in [6, 6.07) is 1.78. The number of hydrogen-bond donors (Lipinski definition) is 0. The van der Waals surface area contributed by atoms with E-state index in [0.29, 0.717) is 12.2 Å². The first-order valence-corrected chi connectivity index (χ1v) is 4.67. The van der Waals surface area contributed by atoms with Gasteiger partial charge in [0.2, 0.25) is 0 Å². The van der Waals surface area contributed by atoms with E-state index in [4.69, 9.17) is 4.74 Å². The standard InChI is InChI=1S/C11H10N2O2/c1-2-15-11(14)10-7-13-6-8-5-12-4-3-9(8)10/h3-7H,2H2,1H3. The monoisotopic (exact) mass is 202 g/mol. The molecule has 0 aliphatic heterocycles. The van der Waals surface area contributed by atoms with Crippen molar-refractivity contribution in [2.24, 2.45) is 0 Å². The van der Waals surface area contributed by atoms with Crippen LogP contribution < -0.4 is 0 Å². The van der Waals surface area contributed by atoms with Crippen LogP contribution in [0.2, 0.25) is 0 Å². The molecule has 0 aliphatic rings. The van der Waals surface area contributed by atoms with Crippen molar-refractivity contribution in [2.75, 3.05) is 6.61 Å². The van der Waals surface area contributed by atoms with Crippen molar-refractivity contribution in [3.05, 3.63) is 36.4 Å². The average molecular weight is 202 g/mol. The number of rotatable bonds is 2. The predicted molar refractivity (Wildman–Crippen MR) is 55.5 cm³/mol. The lowest BCUT2D eigenvalue weighted by Gasteiger charge is -2.04. The van der Waals surface area contributed by atoms with Gasteiger partial charge in [-0.05, 0) is 13.0 Å². The number of esters is 1. The van der Waals surface area contributed by atoms with Crippen LogP contribution in [0, 0.1) is 0 Å². The molecule has 15 heavy (non-hydrogen) atoms. The third-order valence-electron chi connectivity index (χ3n) is 2.05. The first-order valence-electron chi connectivity index (χ1n) is 4.67. The van der Waals surface area contributed by atoms with Crippen LogP contribution in [0.25, 0.3) is 10.8 Å². The largest absolute Gasteiger partial charge is 0.462 e. The zero-order valence-electron chi connectivity index (χ0n) is 8.30. The summed E-state index contributed by atoms with van der Waals surface area (Å²) < 4.78 is 4.94. The molecule has 0 saturated carbocycles. The first-order chi connectivity index (χ1) is 7.33. The van der Waals surface area contributed by atoms with E-state index in [0.717, 1.165) is 10.8 Å². The van der Waals surface area contributed by atoms with Gasteiger partial charge in [-0.25, -0.2) is 4.79 Å². The van der Waals surface area contributed by atoms with E-state index in [1.165, 1.54) is 6.20 Å². The second-order valence-corrected chi connectivity index (χ2v) is 3.00. The molecule has 2 heterocycles. The lowest BCUT2D eigenvalue weighted by molar-refractivity contribution is 0.0528. The molecule has 0 atom stereocenters. The second-order valence-electron chi connectivity index (χ2n) is 3.00. The molecule has 0 unspecified atom stereocenters. The number of carbonyl (C=O) groups excluding carboxylic acids is 1. The highest BCUT2D eigenvalue weighted by molar-refractivity contribution is 6.03. The summed E-state index contributed by atoms with van der Waals surface area (Å²) in [6.07, 6.45) is 6.50. The molecule has 2 rings (SSSR count). The zero-order chi connectivity index (χ0) is 10.7. The molecule has 4 nitrogen and oxygen atoms in total. The highest BCUT2D eigenvalue weighted by atomic mass is 16.5. The number of hydrogen-bond acceptors (Lipinski definition) is 4. The van der Waals surface area contributed by atoms with Gasteiger partial charge >= 0.3 is 5.97 Å². The second kappa shape index (κ2) is 4.04. The van der Waals surface area contributed by atoms with Crippen molar-refractivity contribution in [2.45, 2.75) is 6.92 Å². The summed E-state index contributed by atoms with van der Waals surface area (Å²) in [5, 5.41) is 1.65. The summed E-state index contributed by atoms with van der Waals surface area (Å²) in [7, 11) is 0. The molecule has 2 aromatic rings. The van der Waals surface area contributed by atoms with Crippen molar-refractivity contribution in [1.29, 1.82) is 0 Å². The number of fused-ring (bicyclic) bond motifs is 1. The van der Waals surface area contributed by atoms with E-state index in [2.05, 4.69) is 9.97 Å². The van der Waals surface area contributed by atoms with Crippen molar-refractivity contribution >= 4 is 16.7 Å². The van der Waals surface area contributed by atoms with Crippen LogP contribution in [-0.4, -0.2) is 22.5 Å². The van der Waals surface area contributed by atoms with E-state index in [-0.39, 0.29) is 5.97 Å². The summed E-state index contributed by atoms with van der Waals surface area (Å²) in [5.74, 6) is -0.346. The van der Waals surface area contributed by atoms with E-state index >= 15 is 0 Å². The van der Waals surface area contributed by atoms with E-state index < -0.39 is 0 Å². The van der Waals surface area contributed by atoms with Crippen LogP contribution in [0.4, 0.5) is 0 Å². The Morgan fingerprint density at radius 3 is 2.93 bits per heavy atom. The highest BCUT2D eigenvalue weighted by Gasteiger charge is 2.10. The fourth-order valence-electron chi connectivity index (χ4n) is 1.39. The van der Waals surface area contributed by atoms with Crippen molar-refractivity contribution in [3.63, 3.8) is 0 Å². The maximum absolute atomic E-state index is 11.6. The molecule has 2 aromatic heterocycles. The minimum absolute atomic E-state index is 0.346.